The standard InChI is InChI=1S/C29H31N3O3/c1-5-15-29(35-19-25(33)34,28(4)16-6-17-31-28)24-18-30-26(22-11-7-20(2)8-12-22)27(32-24)23-13-9-21(3)10-14-23/h6-14,16-18H,5,15,19H2,1-4H3,(H,33,34). The molecular formula is C29H31N3O3. The minimum Gasteiger partial charge on any atom is -0.480 e. The quantitative estimate of drug-likeness (QED) is 0.420. The van der Waals surface area contributed by atoms with E-state index >= 15 is 0 Å². The highest BCUT2D eigenvalue weighted by Crippen LogP contribution is 2.45. The summed E-state index contributed by atoms with van der Waals surface area (Å²) in [5.74, 6) is -1.04. The van der Waals surface area contributed by atoms with Crippen LogP contribution in [0.2, 0.25) is 0 Å². The van der Waals surface area contributed by atoms with Crippen LogP contribution in [0.4, 0.5) is 0 Å². The third-order valence-corrected chi connectivity index (χ3v) is 6.55. The zero-order chi connectivity index (χ0) is 25.1. The van der Waals surface area contributed by atoms with Crippen molar-refractivity contribution in [2.45, 2.75) is 51.7 Å². The van der Waals surface area contributed by atoms with Gasteiger partial charge in [-0.15, -0.1) is 0 Å². The van der Waals surface area contributed by atoms with E-state index in [0.29, 0.717) is 12.1 Å². The van der Waals surface area contributed by atoms with E-state index in [2.05, 4.69) is 19.1 Å². The van der Waals surface area contributed by atoms with Crippen LogP contribution in [0.1, 0.15) is 43.5 Å². The second kappa shape index (κ2) is 9.92. The van der Waals surface area contributed by atoms with Gasteiger partial charge in [-0.05, 0) is 33.3 Å². The first-order valence-corrected chi connectivity index (χ1v) is 11.9. The van der Waals surface area contributed by atoms with E-state index in [4.69, 9.17) is 19.7 Å². The fraction of sp³-hybridized carbons (Fsp3) is 0.310. The second-order valence-corrected chi connectivity index (χ2v) is 9.23. The van der Waals surface area contributed by atoms with Gasteiger partial charge in [-0.2, -0.15) is 0 Å². The Hall–Kier alpha value is -3.64. The van der Waals surface area contributed by atoms with Gasteiger partial charge in [0.2, 0.25) is 0 Å². The zero-order valence-corrected chi connectivity index (χ0v) is 20.7. The van der Waals surface area contributed by atoms with Crippen molar-refractivity contribution in [2.24, 2.45) is 4.99 Å². The number of carboxylic acid groups (broad SMARTS) is 1. The molecular weight excluding hydrogens is 438 g/mol. The van der Waals surface area contributed by atoms with Crippen LogP contribution in [-0.2, 0) is 15.1 Å². The van der Waals surface area contributed by atoms with Crippen LogP contribution < -0.4 is 0 Å². The highest BCUT2D eigenvalue weighted by Gasteiger charge is 2.51. The van der Waals surface area contributed by atoms with Gasteiger partial charge in [0.1, 0.15) is 17.7 Å². The highest BCUT2D eigenvalue weighted by atomic mass is 16.5. The van der Waals surface area contributed by atoms with E-state index in [-0.39, 0.29) is 0 Å². The third kappa shape index (κ3) is 4.80. The average Bonchev–Trinajstić information content (AvgIpc) is 3.30. The molecule has 6 nitrogen and oxygen atoms in total. The number of nitrogens with zero attached hydrogens (tertiary/aromatic N) is 3. The number of rotatable bonds is 9. The van der Waals surface area contributed by atoms with Gasteiger partial charge in [0.15, 0.2) is 0 Å². The summed E-state index contributed by atoms with van der Waals surface area (Å²) < 4.78 is 6.21. The molecule has 0 bridgehead atoms. The summed E-state index contributed by atoms with van der Waals surface area (Å²) in [6.07, 6.45) is 8.54. The Kier molecular flexibility index (Phi) is 6.94. The minimum atomic E-state index is -1.10. The lowest BCUT2D eigenvalue weighted by Gasteiger charge is -2.43. The van der Waals surface area contributed by atoms with Crippen molar-refractivity contribution in [3.8, 4) is 22.5 Å². The van der Waals surface area contributed by atoms with Crippen LogP contribution in [0.25, 0.3) is 22.5 Å². The number of carboxylic acids is 1. The average molecular weight is 470 g/mol. The number of hydrogen-bond donors (Lipinski definition) is 1. The fourth-order valence-electron chi connectivity index (χ4n) is 4.60. The Balaban J connectivity index is 1.96. The summed E-state index contributed by atoms with van der Waals surface area (Å²) in [5.41, 5.74) is 4.35. The number of ether oxygens (including phenoxy) is 1. The molecule has 4 rings (SSSR count). The number of aryl methyl sites for hydroxylation is 2. The zero-order valence-electron chi connectivity index (χ0n) is 20.7. The number of hydrogen-bond acceptors (Lipinski definition) is 5. The summed E-state index contributed by atoms with van der Waals surface area (Å²) in [6.45, 7) is 7.63. The molecule has 0 amide bonds. The summed E-state index contributed by atoms with van der Waals surface area (Å²) >= 11 is 0. The largest absolute Gasteiger partial charge is 0.480 e. The molecule has 0 fully saturated rings. The van der Waals surface area contributed by atoms with Gasteiger partial charge in [0.05, 0.1) is 23.3 Å². The van der Waals surface area contributed by atoms with Crippen molar-refractivity contribution < 1.29 is 14.6 Å². The molecule has 35 heavy (non-hydrogen) atoms. The predicted octanol–water partition coefficient (Wildman–Crippen LogP) is 5.92. The van der Waals surface area contributed by atoms with Crippen molar-refractivity contribution in [3.63, 3.8) is 0 Å². The highest BCUT2D eigenvalue weighted by molar-refractivity contribution is 5.79. The maximum absolute atomic E-state index is 11.6. The maximum Gasteiger partial charge on any atom is 0.329 e. The minimum absolute atomic E-state index is 0.458. The predicted molar refractivity (Wildman–Crippen MR) is 139 cm³/mol. The number of aliphatic imine (C=N–C) groups is 1. The third-order valence-electron chi connectivity index (χ3n) is 6.55. The van der Waals surface area contributed by atoms with Crippen LogP contribution in [-0.4, -0.2) is 39.4 Å². The summed E-state index contributed by atoms with van der Waals surface area (Å²) in [4.78, 5) is 26.3. The molecule has 3 aromatic rings. The Morgan fingerprint density at radius 1 is 1.00 bits per heavy atom. The molecule has 2 heterocycles. The molecule has 0 radical (unpaired) electrons. The SMILES string of the molecule is CCCC(OCC(=O)O)(c1cnc(-c2ccc(C)cc2)c(-c2ccc(C)cc2)n1)C1(C)C=CC=N1. The number of carbonyl (C=O) groups is 1. The van der Waals surface area contributed by atoms with Crippen LogP contribution in [0, 0.1) is 13.8 Å². The topological polar surface area (TPSA) is 84.7 Å². The lowest BCUT2D eigenvalue weighted by atomic mass is 9.76. The summed E-state index contributed by atoms with van der Waals surface area (Å²) in [7, 11) is 0. The van der Waals surface area contributed by atoms with Crippen molar-refractivity contribution in [2.75, 3.05) is 6.61 Å². The molecule has 1 aliphatic heterocycles. The van der Waals surface area contributed by atoms with Gasteiger partial charge in [-0.1, -0.05) is 79.1 Å². The first-order valence-electron chi connectivity index (χ1n) is 11.9. The lowest BCUT2D eigenvalue weighted by Crippen LogP contribution is -2.50. The van der Waals surface area contributed by atoms with Gasteiger partial charge in [0, 0.05) is 17.3 Å². The molecule has 6 heteroatoms. The van der Waals surface area contributed by atoms with E-state index in [1.165, 1.54) is 0 Å². The van der Waals surface area contributed by atoms with Crippen molar-refractivity contribution >= 4 is 12.2 Å². The van der Waals surface area contributed by atoms with Gasteiger partial charge in [0.25, 0.3) is 0 Å². The normalized spacial score (nSPS) is 18.5. The van der Waals surface area contributed by atoms with Crippen molar-refractivity contribution in [3.05, 3.63) is 83.7 Å². The monoisotopic (exact) mass is 469 g/mol. The molecule has 1 aliphatic rings. The van der Waals surface area contributed by atoms with Gasteiger partial charge in [-0.25, -0.2) is 9.78 Å². The second-order valence-electron chi connectivity index (χ2n) is 9.23. The van der Waals surface area contributed by atoms with E-state index in [1.807, 2.05) is 69.3 Å². The number of aliphatic carboxylic acids is 1. The Labute approximate surface area is 206 Å². The molecule has 0 saturated carbocycles. The van der Waals surface area contributed by atoms with Crippen LogP contribution in [0.15, 0.2) is 71.9 Å². The van der Waals surface area contributed by atoms with E-state index in [9.17, 15) is 9.90 Å². The van der Waals surface area contributed by atoms with E-state index < -0.39 is 23.7 Å². The van der Waals surface area contributed by atoms with Crippen LogP contribution >= 0.6 is 0 Å². The molecule has 0 aliphatic carbocycles. The molecule has 1 N–H and O–H groups in total. The lowest BCUT2D eigenvalue weighted by molar-refractivity contribution is -0.156. The first kappa shape index (κ1) is 24.5. The van der Waals surface area contributed by atoms with Gasteiger partial charge in [-0.3, -0.25) is 9.98 Å². The van der Waals surface area contributed by atoms with Gasteiger partial charge >= 0.3 is 5.97 Å². The Morgan fingerprint density at radius 3 is 2.11 bits per heavy atom. The first-order chi connectivity index (χ1) is 16.8. The molecule has 1 aromatic heterocycles. The summed E-state index contributed by atoms with van der Waals surface area (Å²) in [6, 6.07) is 16.4. The van der Waals surface area contributed by atoms with Crippen molar-refractivity contribution in [1.29, 1.82) is 0 Å². The molecule has 0 saturated heterocycles. The smallest absolute Gasteiger partial charge is 0.329 e. The number of benzene rings is 2. The van der Waals surface area contributed by atoms with Crippen LogP contribution in [0.5, 0.6) is 0 Å². The fourth-order valence-corrected chi connectivity index (χ4v) is 4.60. The Bertz CT molecular complexity index is 1250. The molecule has 2 unspecified atom stereocenters. The summed E-state index contributed by atoms with van der Waals surface area (Å²) in [5, 5.41) is 9.47. The number of allylic oxidation sites excluding steroid dienone is 1. The molecule has 0 spiro atoms. The van der Waals surface area contributed by atoms with E-state index in [0.717, 1.165) is 40.1 Å². The van der Waals surface area contributed by atoms with Crippen molar-refractivity contribution in [1.82, 2.24) is 9.97 Å². The number of aromatic nitrogens is 2. The van der Waals surface area contributed by atoms with Gasteiger partial charge < -0.3 is 9.84 Å². The van der Waals surface area contributed by atoms with Crippen LogP contribution in [0.3, 0.4) is 0 Å². The molecule has 180 valence electrons. The molecule has 2 atom stereocenters. The maximum atomic E-state index is 11.6. The van der Waals surface area contributed by atoms with E-state index in [1.54, 1.807) is 12.4 Å². The Morgan fingerprint density at radius 2 is 1.60 bits per heavy atom. The molecule has 2 aromatic carbocycles.